The number of hydrogen-bond donors (Lipinski definition) is 3. The molecule has 4 rings (SSSR count). The first-order valence-electron chi connectivity index (χ1n) is 12.1. The van der Waals surface area contributed by atoms with Crippen molar-refractivity contribution >= 4 is 46.3 Å². The summed E-state index contributed by atoms with van der Waals surface area (Å²) in [7, 11) is 1.49. The summed E-state index contributed by atoms with van der Waals surface area (Å²) in [5.74, 6) is -0.362. The second kappa shape index (κ2) is 11.5. The topological polar surface area (TPSA) is 112 Å². The van der Waals surface area contributed by atoms with Crippen LogP contribution in [0.2, 0.25) is 0 Å². The Kier molecular flexibility index (Phi) is 8.07. The van der Waals surface area contributed by atoms with Gasteiger partial charge in [0.2, 0.25) is 17.8 Å². The zero-order valence-electron chi connectivity index (χ0n) is 21.6. The number of ether oxygens (including phenoxy) is 1. The minimum absolute atomic E-state index is 0.0395. The highest BCUT2D eigenvalue weighted by Gasteiger charge is 2.35. The normalized spacial score (nSPS) is 13.6. The summed E-state index contributed by atoms with van der Waals surface area (Å²) >= 11 is 0. The first-order valence-corrected chi connectivity index (χ1v) is 12.1. The first-order chi connectivity index (χ1) is 18.5. The van der Waals surface area contributed by atoms with Crippen LogP contribution in [0.3, 0.4) is 0 Å². The van der Waals surface area contributed by atoms with Crippen molar-refractivity contribution in [3.8, 4) is 5.75 Å². The van der Waals surface area contributed by atoms with Crippen molar-refractivity contribution in [1.82, 2.24) is 14.9 Å². The van der Waals surface area contributed by atoms with E-state index in [2.05, 4.69) is 30.8 Å². The molecule has 39 heavy (non-hydrogen) atoms. The molecule has 3 aromatic rings. The minimum atomic E-state index is -4.71. The van der Waals surface area contributed by atoms with Crippen LogP contribution in [-0.4, -0.2) is 60.0 Å². The molecule has 0 aliphatic carbocycles. The van der Waals surface area contributed by atoms with Gasteiger partial charge in [-0.15, -0.1) is 0 Å². The number of alkyl halides is 3. The highest BCUT2D eigenvalue weighted by Crippen LogP contribution is 2.37. The Morgan fingerprint density at radius 2 is 1.69 bits per heavy atom. The number of carbonyl (C=O) groups is 2. The summed E-state index contributed by atoms with van der Waals surface area (Å²) in [5, 5.41) is 8.20. The molecule has 1 aliphatic heterocycles. The summed E-state index contributed by atoms with van der Waals surface area (Å²) in [6, 6.07) is 11.6. The molecule has 0 atom stereocenters. The molecule has 2 aromatic carbocycles. The van der Waals surface area contributed by atoms with Crippen LogP contribution >= 0.6 is 0 Å². The zero-order valence-corrected chi connectivity index (χ0v) is 21.6. The molecule has 1 saturated heterocycles. The molecule has 206 valence electrons. The van der Waals surface area contributed by atoms with Gasteiger partial charge in [-0.2, -0.15) is 18.2 Å². The Balaban J connectivity index is 1.57. The fourth-order valence-electron chi connectivity index (χ4n) is 4.14. The number of aromatic nitrogens is 2. The predicted molar refractivity (Wildman–Crippen MR) is 142 cm³/mol. The number of halogens is 3. The van der Waals surface area contributed by atoms with Crippen molar-refractivity contribution in [3.63, 3.8) is 0 Å². The number of carbonyl (C=O) groups excluding carboxylic acids is 2. The van der Waals surface area contributed by atoms with E-state index in [1.807, 2.05) is 12.1 Å². The fourth-order valence-corrected chi connectivity index (χ4v) is 4.14. The maximum atomic E-state index is 13.7. The molecule has 13 heteroatoms. The second-order valence-electron chi connectivity index (χ2n) is 8.84. The molecule has 0 saturated carbocycles. The Labute approximate surface area is 223 Å². The van der Waals surface area contributed by atoms with E-state index in [0.29, 0.717) is 55.2 Å². The number of piperazine rings is 1. The van der Waals surface area contributed by atoms with Crippen molar-refractivity contribution in [1.29, 1.82) is 0 Å². The Hall–Kier alpha value is -4.55. The predicted octanol–water partition coefficient (Wildman–Crippen LogP) is 4.62. The third-order valence-electron chi connectivity index (χ3n) is 6.06. The van der Waals surface area contributed by atoms with Crippen LogP contribution in [0.4, 0.5) is 47.7 Å². The maximum Gasteiger partial charge on any atom is 0.421 e. The fraction of sp³-hybridized carbons (Fsp3) is 0.308. The lowest BCUT2D eigenvalue weighted by Crippen LogP contribution is -2.48. The highest BCUT2D eigenvalue weighted by molar-refractivity contribution is 5.89. The van der Waals surface area contributed by atoms with Gasteiger partial charge in [-0.1, -0.05) is 6.07 Å². The van der Waals surface area contributed by atoms with Crippen molar-refractivity contribution in [2.75, 3.05) is 54.1 Å². The van der Waals surface area contributed by atoms with E-state index in [4.69, 9.17) is 4.74 Å². The lowest BCUT2D eigenvalue weighted by molar-refractivity contribution is -0.137. The molecule has 0 spiro atoms. The van der Waals surface area contributed by atoms with Gasteiger partial charge in [0.25, 0.3) is 0 Å². The lowest BCUT2D eigenvalue weighted by Gasteiger charge is -2.35. The van der Waals surface area contributed by atoms with E-state index in [-0.39, 0.29) is 17.8 Å². The van der Waals surface area contributed by atoms with Gasteiger partial charge in [-0.25, -0.2) is 4.98 Å². The van der Waals surface area contributed by atoms with E-state index in [9.17, 15) is 22.8 Å². The molecule has 2 amide bonds. The molecule has 0 radical (unpaired) electrons. The monoisotopic (exact) mass is 543 g/mol. The van der Waals surface area contributed by atoms with Crippen molar-refractivity contribution in [2.45, 2.75) is 20.0 Å². The molecule has 1 fully saturated rings. The van der Waals surface area contributed by atoms with Gasteiger partial charge in [0, 0.05) is 69.4 Å². The largest absolute Gasteiger partial charge is 0.494 e. The van der Waals surface area contributed by atoms with Crippen molar-refractivity contribution in [2.24, 2.45) is 0 Å². The summed E-state index contributed by atoms with van der Waals surface area (Å²) in [6.07, 6.45) is -4.01. The zero-order chi connectivity index (χ0) is 28.2. The van der Waals surface area contributed by atoms with Gasteiger partial charge in [0.1, 0.15) is 17.1 Å². The Morgan fingerprint density at radius 3 is 2.33 bits per heavy atom. The molecule has 1 aromatic heterocycles. The van der Waals surface area contributed by atoms with Crippen molar-refractivity contribution in [3.05, 3.63) is 54.2 Å². The van der Waals surface area contributed by atoms with Crippen LogP contribution < -0.4 is 25.6 Å². The first kappa shape index (κ1) is 27.5. The molecular weight excluding hydrogens is 515 g/mol. The van der Waals surface area contributed by atoms with E-state index in [0.717, 1.165) is 5.69 Å². The Bertz CT molecular complexity index is 1360. The molecule has 0 unspecified atom stereocenters. The van der Waals surface area contributed by atoms with E-state index in [1.54, 1.807) is 36.1 Å². The number of nitrogens with zero attached hydrogens (tertiary/aromatic N) is 4. The molecule has 2 heterocycles. The van der Waals surface area contributed by atoms with Gasteiger partial charge in [-0.05, 0) is 30.3 Å². The van der Waals surface area contributed by atoms with Crippen LogP contribution in [0.25, 0.3) is 0 Å². The lowest BCUT2D eigenvalue weighted by atomic mass is 10.2. The quantitative estimate of drug-likeness (QED) is 0.396. The third-order valence-corrected chi connectivity index (χ3v) is 6.06. The van der Waals surface area contributed by atoms with Gasteiger partial charge in [0.15, 0.2) is 0 Å². The number of methoxy groups -OCH3 is 1. The van der Waals surface area contributed by atoms with Gasteiger partial charge in [0.05, 0.1) is 12.8 Å². The van der Waals surface area contributed by atoms with Crippen LogP contribution in [0.15, 0.2) is 48.7 Å². The third kappa shape index (κ3) is 6.86. The molecule has 1 aliphatic rings. The van der Waals surface area contributed by atoms with E-state index < -0.39 is 17.6 Å². The average Bonchev–Trinajstić information content (AvgIpc) is 2.88. The van der Waals surface area contributed by atoms with Crippen LogP contribution in [0.1, 0.15) is 19.4 Å². The van der Waals surface area contributed by atoms with Gasteiger partial charge < -0.3 is 30.5 Å². The minimum Gasteiger partial charge on any atom is -0.494 e. The van der Waals surface area contributed by atoms with E-state index in [1.165, 1.54) is 20.1 Å². The van der Waals surface area contributed by atoms with Gasteiger partial charge in [-0.3, -0.25) is 9.59 Å². The summed E-state index contributed by atoms with van der Waals surface area (Å²) < 4.78 is 46.7. The second-order valence-corrected chi connectivity index (χ2v) is 8.84. The van der Waals surface area contributed by atoms with Crippen LogP contribution in [-0.2, 0) is 15.8 Å². The number of hydrogen-bond acceptors (Lipinski definition) is 8. The average molecular weight is 544 g/mol. The molecule has 0 bridgehead atoms. The molecular formula is C26H28F3N7O3. The van der Waals surface area contributed by atoms with E-state index >= 15 is 0 Å². The van der Waals surface area contributed by atoms with Crippen molar-refractivity contribution < 1.29 is 27.5 Å². The number of amides is 2. The summed E-state index contributed by atoms with van der Waals surface area (Å²) in [4.78, 5) is 34.8. The number of anilines is 6. The molecule has 3 N–H and O–H groups in total. The standard InChI is InChI=1S/C26H28F3N7O3/c1-16(37)31-18-5-4-6-19(13-18)32-24-21(26(27,28)29)15-30-25(34-24)33-22-8-7-20(14-23(22)39-3)36-11-9-35(10-12-36)17(2)38/h4-8,13-15H,9-12H2,1-3H3,(H,31,37)(H2,30,32,33,34). The smallest absolute Gasteiger partial charge is 0.421 e. The van der Waals surface area contributed by atoms with Crippen LogP contribution in [0.5, 0.6) is 5.75 Å². The number of rotatable bonds is 7. The molecule has 10 nitrogen and oxygen atoms in total. The summed E-state index contributed by atoms with van der Waals surface area (Å²) in [5.41, 5.74) is 1.01. The summed E-state index contributed by atoms with van der Waals surface area (Å²) in [6.45, 7) is 5.43. The van der Waals surface area contributed by atoms with Gasteiger partial charge >= 0.3 is 6.18 Å². The van der Waals surface area contributed by atoms with Crippen LogP contribution in [0, 0.1) is 0 Å². The SMILES string of the molecule is COc1cc(N2CCN(C(C)=O)CC2)ccc1Nc1ncc(C(F)(F)F)c(Nc2cccc(NC(C)=O)c2)n1. The highest BCUT2D eigenvalue weighted by atomic mass is 19.4. The number of nitrogens with one attached hydrogen (secondary N) is 3. The number of benzene rings is 2. The maximum absolute atomic E-state index is 13.7. The Morgan fingerprint density at radius 1 is 0.974 bits per heavy atom.